The first-order valence-electron chi connectivity index (χ1n) is 7.72. The molecule has 1 aliphatic heterocycles. The van der Waals surface area contributed by atoms with Gasteiger partial charge in [-0.1, -0.05) is 12.1 Å². The van der Waals surface area contributed by atoms with Crippen molar-refractivity contribution in [2.75, 3.05) is 17.2 Å². The summed E-state index contributed by atoms with van der Waals surface area (Å²) in [4.78, 5) is 24.3. The number of carbonyl (C=O) groups excluding carboxylic acids is 2. The molecule has 5 nitrogen and oxygen atoms in total. The molecule has 1 atom stereocenters. The molecule has 3 rings (SSSR count). The molecule has 0 spiro atoms. The molecule has 0 aromatic heterocycles. The van der Waals surface area contributed by atoms with E-state index in [4.69, 9.17) is 4.74 Å². The van der Waals surface area contributed by atoms with Crippen molar-refractivity contribution in [2.24, 2.45) is 0 Å². The molecule has 1 aliphatic rings. The zero-order chi connectivity index (χ0) is 16.9. The molecule has 1 fully saturated rings. The van der Waals surface area contributed by atoms with Gasteiger partial charge in [0, 0.05) is 21.6 Å². The number of anilines is 2. The van der Waals surface area contributed by atoms with E-state index in [-0.39, 0.29) is 17.9 Å². The predicted molar refractivity (Wildman–Crippen MR) is 101 cm³/mol. The summed E-state index contributed by atoms with van der Waals surface area (Å²) in [6.45, 7) is 0.640. The van der Waals surface area contributed by atoms with E-state index in [9.17, 15) is 9.59 Å². The standard InChI is InChI=1S/C18H17IN2O3/c19-15-5-2-1-4-14(15)17(22)20-12-7-9-13(10-8-12)21-18(23)16-6-3-11-24-16/h1-2,4-5,7-10,16H,3,6,11H2,(H,20,22)(H,21,23). The van der Waals surface area contributed by atoms with Gasteiger partial charge in [-0.15, -0.1) is 0 Å². The Morgan fingerprint density at radius 3 is 2.29 bits per heavy atom. The average Bonchev–Trinajstić information content (AvgIpc) is 3.11. The number of ether oxygens (including phenoxy) is 1. The van der Waals surface area contributed by atoms with Gasteiger partial charge in [0.05, 0.1) is 5.56 Å². The smallest absolute Gasteiger partial charge is 0.256 e. The minimum Gasteiger partial charge on any atom is -0.368 e. The van der Waals surface area contributed by atoms with Crippen LogP contribution in [0.15, 0.2) is 48.5 Å². The van der Waals surface area contributed by atoms with Gasteiger partial charge in [0.25, 0.3) is 11.8 Å². The largest absolute Gasteiger partial charge is 0.368 e. The number of hydrogen-bond donors (Lipinski definition) is 2. The molecule has 0 aliphatic carbocycles. The van der Waals surface area contributed by atoms with Crippen molar-refractivity contribution in [1.29, 1.82) is 0 Å². The maximum Gasteiger partial charge on any atom is 0.256 e. The van der Waals surface area contributed by atoms with E-state index in [1.807, 2.05) is 18.2 Å². The van der Waals surface area contributed by atoms with Crippen LogP contribution in [-0.4, -0.2) is 24.5 Å². The molecule has 0 bridgehead atoms. The summed E-state index contributed by atoms with van der Waals surface area (Å²) in [6, 6.07) is 14.5. The van der Waals surface area contributed by atoms with E-state index in [1.54, 1.807) is 30.3 Å². The molecule has 2 N–H and O–H groups in total. The Kier molecular flexibility index (Phi) is 5.47. The second kappa shape index (κ2) is 7.76. The number of amides is 2. The predicted octanol–water partition coefficient (Wildman–Crippen LogP) is 3.66. The van der Waals surface area contributed by atoms with Crippen LogP contribution < -0.4 is 10.6 Å². The molecular weight excluding hydrogens is 419 g/mol. The fraction of sp³-hybridized carbons (Fsp3) is 0.222. The number of hydrogen-bond acceptors (Lipinski definition) is 3. The molecule has 124 valence electrons. The summed E-state index contributed by atoms with van der Waals surface area (Å²) in [7, 11) is 0. The maximum atomic E-state index is 12.3. The van der Waals surface area contributed by atoms with Gasteiger partial charge in [0.2, 0.25) is 0 Å². The molecule has 1 unspecified atom stereocenters. The van der Waals surface area contributed by atoms with E-state index < -0.39 is 0 Å². The van der Waals surface area contributed by atoms with Crippen LogP contribution in [0.1, 0.15) is 23.2 Å². The average molecular weight is 436 g/mol. The van der Waals surface area contributed by atoms with Crippen LogP contribution in [0.25, 0.3) is 0 Å². The van der Waals surface area contributed by atoms with Crippen LogP contribution in [0, 0.1) is 3.57 Å². The van der Waals surface area contributed by atoms with Crippen molar-refractivity contribution < 1.29 is 14.3 Å². The van der Waals surface area contributed by atoms with E-state index >= 15 is 0 Å². The molecular formula is C18H17IN2O3. The van der Waals surface area contributed by atoms with Crippen LogP contribution in [0.3, 0.4) is 0 Å². The van der Waals surface area contributed by atoms with Gasteiger partial charge in [-0.05, 0) is 71.8 Å². The van der Waals surface area contributed by atoms with Crippen molar-refractivity contribution in [1.82, 2.24) is 0 Å². The van der Waals surface area contributed by atoms with E-state index in [0.29, 0.717) is 23.5 Å². The third-order valence-electron chi connectivity index (χ3n) is 3.75. The fourth-order valence-electron chi connectivity index (χ4n) is 2.49. The van der Waals surface area contributed by atoms with Crippen molar-refractivity contribution in [3.05, 3.63) is 57.7 Å². The topological polar surface area (TPSA) is 67.4 Å². The van der Waals surface area contributed by atoms with Gasteiger partial charge < -0.3 is 15.4 Å². The summed E-state index contributed by atoms with van der Waals surface area (Å²) in [6.07, 6.45) is 1.32. The van der Waals surface area contributed by atoms with Crippen molar-refractivity contribution in [2.45, 2.75) is 18.9 Å². The van der Waals surface area contributed by atoms with Crippen LogP contribution in [-0.2, 0) is 9.53 Å². The number of benzene rings is 2. The Bertz CT molecular complexity index is 740. The molecule has 2 aromatic carbocycles. The minimum atomic E-state index is -0.357. The van der Waals surface area contributed by atoms with Crippen molar-refractivity contribution in [3.8, 4) is 0 Å². The van der Waals surface area contributed by atoms with E-state index in [0.717, 1.165) is 16.4 Å². The lowest BCUT2D eigenvalue weighted by Gasteiger charge is -2.11. The fourth-order valence-corrected chi connectivity index (χ4v) is 3.12. The van der Waals surface area contributed by atoms with Gasteiger partial charge in [-0.25, -0.2) is 0 Å². The van der Waals surface area contributed by atoms with Crippen molar-refractivity contribution >= 4 is 45.8 Å². The molecule has 0 radical (unpaired) electrons. The normalized spacial score (nSPS) is 16.6. The highest BCUT2D eigenvalue weighted by atomic mass is 127. The highest BCUT2D eigenvalue weighted by molar-refractivity contribution is 14.1. The first-order chi connectivity index (χ1) is 11.6. The second-order valence-corrected chi connectivity index (χ2v) is 6.66. The molecule has 1 saturated heterocycles. The number of rotatable bonds is 4. The quantitative estimate of drug-likeness (QED) is 0.720. The molecule has 2 aromatic rings. The zero-order valence-corrected chi connectivity index (χ0v) is 15.1. The SMILES string of the molecule is O=C(Nc1ccc(NC(=O)C2CCCO2)cc1)c1ccccc1I. The molecule has 1 heterocycles. The number of halogens is 1. The third-order valence-corrected chi connectivity index (χ3v) is 4.69. The highest BCUT2D eigenvalue weighted by Gasteiger charge is 2.23. The lowest BCUT2D eigenvalue weighted by Crippen LogP contribution is -2.26. The van der Waals surface area contributed by atoms with Crippen LogP contribution in [0.5, 0.6) is 0 Å². The van der Waals surface area contributed by atoms with Gasteiger partial charge >= 0.3 is 0 Å². The third kappa shape index (κ3) is 4.12. The molecule has 24 heavy (non-hydrogen) atoms. The lowest BCUT2D eigenvalue weighted by atomic mass is 10.2. The summed E-state index contributed by atoms with van der Waals surface area (Å²) in [5.74, 6) is -0.278. The molecule has 2 amide bonds. The highest BCUT2D eigenvalue weighted by Crippen LogP contribution is 2.19. The Balaban J connectivity index is 1.61. The first kappa shape index (κ1) is 16.9. The van der Waals surface area contributed by atoms with E-state index in [1.165, 1.54) is 0 Å². The summed E-state index contributed by atoms with van der Waals surface area (Å²) < 4.78 is 6.25. The lowest BCUT2D eigenvalue weighted by molar-refractivity contribution is -0.124. The van der Waals surface area contributed by atoms with Gasteiger partial charge in [0.15, 0.2) is 0 Å². The Labute approximate surface area is 153 Å². The number of carbonyl (C=O) groups is 2. The molecule has 6 heteroatoms. The Morgan fingerprint density at radius 1 is 1.00 bits per heavy atom. The maximum absolute atomic E-state index is 12.3. The van der Waals surface area contributed by atoms with Gasteiger partial charge in [-0.3, -0.25) is 9.59 Å². The summed E-state index contributed by atoms with van der Waals surface area (Å²) >= 11 is 2.13. The zero-order valence-electron chi connectivity index (χ0n) is 12.9. The van der Waals surface area contributed by atoms with Gasteiger partial charge in [-0.2, -0.15) is 0 Å². The second-order valence-electron chi connectivity index (χ2n) is 5.50. The van der Waals surface area contributed by atoms with Gasteiger partial charge in [0.1, 0.15) is 6.10 Å². The van der Waals surface area contributed by atoms with E-state index in [2.05, 4.69) is 33.2 Å². The minimum absolute atomic E-state index is 0.122. The Hall–Kier alpha value is -1.93. The van der Waals surface area contributed by atoms with Crippen molar-refractivity contribution in [3.63, 3.8) is 0 Å². The first-order valence-corrected chi connectivity index (χ1v) is 8.80. The van der Waals surface area contributed by atoms with Crippen LogP contribution in [0.4, 0.5) is 11.4 Å². The molecule has 0 saturated carbocycles. The summed E-state index contributed by atoms with van der Waals surface area (Å²) in [5, 5.41) is 5.68. The number of nitrogens with one attached hydrogen (secondary N) is 2. The monoisotopic (exact) mass is 436 g/mol. The Morgan fingerprint density at radius 2 is 1.67 bits per heavy atom. The van der Waals surface area contributed by atoms with Crippen LogP contribution >= 0.6 is 22.6 Å². The van der Waals surface area contributed by atoms with Crippen LogP contribution in [0.2, 0.25) is 0 Å². The summed E-state index contributed by atoms with van der Waals surface area (Å²) in [5.41, 5.74) is 1.99.